The summed E-state index contributed by atoms with van der Waals surface area (Å²) in [7, 11) is 1.61. The van der Waals surface area contributed by atoms with E-state index in [0.717, 1.165) is 27.8 Å². The molecule has 130 valence electrons. The molecule has 3 heterocycles. The lowest BCUT2D eigenvalue weighted by molar-refractivity contribution is -0.129. The molecule has 6 heteroatoms. The van der Waals surface area contributed by atoms with Crippen molar-refractivity contribution in [1.82, 2.24) is 19.6 Å². The molecule has 1 aromatic carbocycles. The number of aromatic nitrogens is 2. The van der Waals surface area contributed by atoms with Gasteiger partial charge in [-0.25, -0.2) is 4.98 Å². The van der Waals surface area contributed by atoms with Crippen molar-refractivity contribution < 1.29 is 4.79 Å². The van der Waals surface area contributed by atoms with Gasteiger partial charge in [-0.1, -0.05) is 12.0 Å². The molecule has 4 rings (SSSR count). The largest absolute Gasteiger partial charge is 0.346 e. The van der Waals surface area contributed by atoms with Gasteiger partial charge in [-0.2, -0.15) is 0 Å². The first kappa shape index (κ1) is 16.2. The second kappa shape index (κ2) is 5.60. The van der Waals surface area contributed by atoms with Crippen LogP contribution in [0.1, 0.15) is 31.4 Å². The van der Waals surface area contributed by atoms with Crippen LogP contribution in [-0.4, -0.2) is 33.2 Å². The minimum atomic E-state index is -0.633. The molecule has 1 fully saturated rings. The predicted octanol–water partition coefficient (Wildman–Crippen LogP) is 2.46. The van der Waals surface area contributed by atoms with Crippen LogP contribution < -0.4 is 5.32 Å². The van der Waals surface area contributed by atoms with Crippen molar-refractivity contribution in [2.45, 2.75) is 25.8 Å². The number of imidazole rings is 1. The third kappa shape index (κ3) is 2.40. The van der Waals surface area contributed by atoms with Crippen LogP contribution in [0.25, 0.3) is 16.7 Å². The number of carbonyl (C=O) groups excluding carboxylic acids is 1. The maximum atomic E-state index is 12.2. The summed E-state index contributed by atoms with van der Waals surface area (Å²) < 4.78 is 2.02. The summed E-state index contributed by atoms with van der Waals surface area (Å²) in [4.78, 5) is 18.2. The first-order valence-electron chi connectivity index (χ1n) is 8.40. The summed E-state index contributed by atoms with van der Waals surface area (Å²) in [6.45, 7) is 3.76. The Labute approximate surface area is 151 Å². The van der Waals surface area contributed by atoms with Gasteiger partial charge < -0.3 is 5.32 Å². The van der Waals surface area contributed by atoms with E-state index in [1.807, 2.05) is 54.8 Å². The number of hydrogen-bond donors (Lipinski definition) is 2. The second-order valence-corrected chi connectivity index (χ2v) is 6.77. The molecular weight excluding hydrogens is 326 g/mol. The van der Waals surface area contributed by atoms with E-state index >= 15 is 0 Å². The van der Waals surface area contributed by atoms with Gasteiger partial charge in [0.05, 0.1) is 23.0 Å². The SMILES string of the molecule is CC#Cc1ccc2nc3ccc([C@]4(C)CC(=O)N(C)C(=N)N4)cn3c2c1. The van der Waals surface area contributed by atoms with Gasteiger partial charge in [0.25, 0.3) is 0 Å². The highest BCUT2D eigenvalue weighted by Crippen LogP contribution is 2.30. The van der Waals surface area contributed by atoms with Gasteiger partial charge in [0, 0.05) is 18.8 Å². The maximum Gasteiger partial charge on any atom is 0.231 e. The van der Waals surface area contributed by atoms with E-state index in [1.165, 1.54) is 4.90 Å². The van der Waals surface area contributed by atoms with Gasteiger partial charge in [-0.05, 0) is 43.7 Å². The van der Waals surface area contributed by atoms with Crippen molar-refractivity contribution >= 4 is 28.5 Å². The van der Waals surface area contributed by atoms with Crippen molar-refractivity contribution in [3.63, 3.8) is 0 Å². The minimum Gasteiger partial charge on any atom is -0.346 e. The Morgan fingerprint density at radius 2 is 2.12 bits per heavy atom. The molecule has 6 nitrogen and oxygen atoms in total. The summed E-state index contributed by atoms with van der Waals surface area (Å²) >= 11 is 0. The third-order valence-electron chi connectivity index (χ3n) is 4.91. The molecule has 1 atom stereocenters. The monoisotopic (exact) mass is 345 g/mol. The molecule has 2 N–H and O–H groups in total. The normalized spacial score (nSPS) is 20.2. The van der Waals surface area contributed by atoms with Crippen LogP contribution in [0.4, 0.5) is 0 Å². The minimum absolute atomic E-state index is 0.0765. The Balaban J connectivity index is 1.87. The second-order valence-electron chi connectivity index (χ2n) is 6.77. The van der Waals surface area contributed by atoms with Crippen LogP contribution in [0.2, 0.25) is 0 Å². The highest BCUT2D eigenvalue weighted by Gasteiger charge is 2.38. The third-order valence-corrected chi connectivity index (χ3v) is 4.91. The molecule has 2 aromatic heterocycles. The van der Waals surface area contributed by atoms with Gasteiger partial charge >= 0.3 is 0 Å². The lowest BCUT2D eigenvalue weighted by Gasteiger charge is -2.39. The van der Waals surface area contributed by atoms with Crippen molar-refractivity contribution in [2.24, 2.45) is 0 Å². The van der Waals surface area contributed by atoms with E-state index in [4.69, 9.17) is 5.41 Å². The van der Waals surface area contributed by atoms with Gasteiger partial charge in [-0.3, -0.25) is 19.5 Å². The summed E-state index contributed by atoms with van der Waals surface area (Å²) in [5, 5.41) is 11.2. The molecule has 1 saturated heterocycles. The highest BCUT2D eigenvalue weighted by molar-refractivity contribution is 5.98. The highest BCUT2D eigenvalue weighted by atomic mass is 16.2. The zero-order valence-corrected chi connectivity index (χ0v) is 14.9. The van der Waals surface area contributed by atoms with Gasteiger partial charge in [0.2, 0.25) is 5.91 Å². The molecule has 0 aliphatic carbocycles. The molecule has 0 unspecified atom stereocenters. The predicted molar refractivity (Wildman–Crippen MR) is 101 cm³/mol. The van der Waals surface area contributed by atoms with Crippen LogP contribution >= 0.6 is 0 Å². The van der Waals surface area contributed by atoms with E-state index in [-0.39, 0.29) is 18.3 Å². The number of carbonyl (C=O) groups is 1. The molecule has 1 aliphatic heterocycles. The zero-order valence-electron chi connectivity index (χ0n) is 14.9. The molecule has 1 aliphatic rings. The Kier molecular flexibility index (Phi) is 3.48. The van der Waals surface area contributed by atoms with Crippen LogP contribution in [-0.2, 0) is 10.3 Å². The Bertz CT molecular complexity index is 1110. The average molecular weight is 345 g/mol. The fraction of sp³-hybridized carbons (Fsp3) is 0.250. The van der Waals surface area contributed by atoms with Crippen molar-refractivity contribution in [3.8, 4) is 11.8 Å². The number of nitrogens with zero attached hydrogens (tertiary/aromatic N) is 3. The number of rotatable bonds is 1. The van der Waals surface area contributed by atoms with Crippen molar-refractivity contribution in [2.75, 3.05) is 7.05 Å². The van der Waals surface area contributed by atoms with Crippen molar-refractivity contribution in [1.29, 1.82) is 5.41 Å². The summed E-state index contributed by atoms with van der Waals surface area (Å²) in [5.74, 6) is 6.03. The molecular formula is C20H19N5O. The number of guanidine groups is 1. The summed E-state index contributed by atoms with van der Waals surface area (Å²) in [6, 6.07) is 9.86. The lowest BCUT2D eigenvalue weighted by atomic mass is 9.87. The molecule has 0 radical (unpaired) electrons. The fourth-order valence-corrected chi connectivity index (χ4v) is 3.37. The molecule has 0 saturated carbocycles. The number of nitrogens with one attached hydrogen (secondary N) is 2. The maximum absolute atomic E-state index is 12.2. The first-order chi connectivity index (χ1) is 12.4. The van der Waals surface area contributed by atoms with Gasteiger partial charge in [0.15, 0.2) is 5.96 Å². The first-order valence-corrected chi connectivity index (χ1v) is 8.40. The van der Waals surface area contributed by atoms with Gasteiger partial charge in [0.1, 0.15) is 5.65 Å². The standard InChI is InChI=1S/C20H19N5O/c1-4-5-13-6-8-15-16(10-13)25-12-14(7-9-17(25)22-15)20(2)11-18(26)24(3)19(21)23-20/h6-10,12H,11H2,1-3H3,(H2,21,23)/t20-/m0/s1. The fourth-order valence-electron chi connectivity index (χ4n) is 3.37. The van der Waals surface area contributed by atoms with E-state index in [1.54, 1.807) is 7.05 Å². The van der Waals surface area contributed by atoms with E-state index in [9.17, 15) is 4.79 Å². The van der Waals surface area contributed by atoms with E-state index in [0.29, 0.717) is 0 Å². The van der Waals surface area contributed by atoms with E-state index in [2.05, 4.69) is 22.1 Å². The summed E-state index contributed by atoms with van der Waals surface area (Å²) in [6.07, 6.45) is 2.28. The molecule has 1 amide bonds. The van der Waals surface area contributed by atoms with Crippen LogP contribution in [0.5, 0.6) is 0 Å². The lowest BCUT2D eigenvalue weighted by Crippen LogP contribution is -2.58. The Morgan fingerprint density at radius 1 is 1.31 bits per heavy atom. The smallest absolute Gasteiger partial charge is 0.231 e. The van der Waals surface area contributed by atoms with E-state index < -0.39 is 5.54 Å². The zero-order chi connectivity index (χ0) is 18.5. The number of fused-ring (bicyclic) bond motifs is 3. The molecule has 0 spiro atoms. The topological polar surface area (TPSA) is 73.5 Å². The molecule has 0 bridgehead atoms. The number of benzene rings is 1. The Morgan fingerprint density at radius 3 is 2.85 bits per heavy atom. The Hall–Kier alpha value is -3.33. The van der Waals surface area contributed by atoms with Crippen LogP contribution in [0, 0.1) is 17.3 Å². The average Bonchev–Trinajstić information content (AvgIpc) is 2.97. The van der Waals surface area contributed by atoms with Gasteiger partial charge in [-0.15, -0.1) is 5.92 Å². The van der Waals surface area contributed by atoms with Crippen LogP contribution in [0.15, 0.2) is 36.5 Å². The quantitative estimate of drug-likeness (QED) is 0.666. The summed E-state index contributed by atoms with van der Waals surface area (Å²) in [5.41, 5.74) is 3.94. The molecule has 3 aromatic rings. The van der Waals surface area contributed by atoms with Crippen LogP contribution in [0.3, 0.4) is 0 Å². The number of pyridine rings is 1. The molecule has 26 heavy (non-hydrogen) atoms. The number of hydrogen-bond acceptors (Lipinski definition) is 3. The van der Waals surface area contributed by atoms with Crippen molar-refractivity contribution in [3.05, 3.63) is 47.7 Å². The number of amides is 1.